The van der Waals surface area contributed by atoms with E-state index in [9.17, 15) is 0 Å². The minimum Gasteiger partial charge on any atom is -0.383 e. The maximum Gasteiger partial charge on any atom is 0.0524 e. The summed E-state index contributed by atoms with van der Waals surface area (Å²) in [6, 6.07) is 18.8. The van der Waals surface area contributed by atoms with Crippen LogP contribution in [-0.2, 0) is 0 Å². The summed E-state index contributed by atoms with van der Waals surface area (Å²) in [6.45, 7) is 4.26. The predicted molar refractivity (Wildman–Crippen MR) is 82.8 cm³/mol. The van der Waals surface area contributed by atoms with Gasteiger partial charge in [0.1, 0.15) is 0 Å². The van der Waals surface area contributed by atoms with Crippen LogP contribution < -0.4 is 9.62 Å². The van der Waals surface area contributed by atoms with Gasteiger partial charge in [-0.15, -0.1) is 0 Å². The van der Waals surface area contributed by atoms with Gasteiger partial charge in [-0.3, -0.25) is 4.31 Å². The third-order valence-electron chi connectivity index (χ3n) is 2.57. The summed E-state index contributed by atoms with van der Waals surface area (Å²) in [5.41, 5.74) is 3.24. The molecule has 2 aromatic carbocycles. The average molecular weight is 258 g/mol. The molecule has 3 heteroatoms. The van der Waals surface area contributed by atoms with Gasteiger partial charge < -0.3 is 5.32 Å². The van der Waals surface area contributed by atoms with E-state index in [-0.39, 0.29) is 0 Å². The minimum absolute atomic E-state index is 0.442. The van der Waals surface area contributed by atoms with Gasteiger partial charge in [0.05, 0.1) is 11.4 Å². The van der Waals surface area contributed by atoms with E-state index >= 15 is 0 Å². The molecule has 0 aliphatic rings. The van der Waals surface area contributed by atoms with Crippen LogP contribution in [0, 0.1) is 0 Å². The molecule has 0 aliphatic heterocycles. The Balaban J connectivity index is 2.14. The van der Waals surface area contributed by atoms with E-state index in [0.717, 1.165) is 17.1 Å². The van der Waals surface area contributed by atoms with E-state index < -0.39 is 0 Å². The summed E-state index contributed by atoms with van der Waals surface area (Å²) in [4.78, 5) is 0. The Kier molecular flexibility index (Phi) is 4.15. The SMILES string of the molecule is CC(C)Nc1ccc(N(S)c2ccccc2)cc1. The van der Waals surface area contributed by atoms with Gasteiger partial charge in [0.15, 0.2) is 0 Å². The van der Waals surface area contributed by atoms with Crippen molar-refractivity contribution in [3.8, 4) is 0 Å². The second kappa shape index (κ2) is 5.83. The first kappa shape index (κ1) is 12.8. The molecule has 0 aromatic heterocycles. The van der Waals surface area contributed by atoms with E-state index in [0.29, 0.717) is 6.04 Å². The maximum absolute atomic E-state index is 4.53. The molecular weight excluding hydrogens is 240 g/mol. The van der Waals surface area contributed by atoms with Crippen molar-refractivity contribution >= 4 is 29.9 Å². The van der Waals surface area contributed by atoms with Crippen LogP contribution in [0.15, 0.2) is 54.6 Å². The molecule has 0 radical (unpaired) electrons. The largest absolute Gasteiger partial charge is 0.383 e. The third kappa shape index (κ3) is 3.20. The summed E-state index contributed by atoms with van der Waals surface area (Å²) in [5, 5.41) is 3.37. The molecule has 0 saturated heterocycles. The molecule has 1 N–H and O–H groups in total. The molecule has 0 unspecified atom stereocenters. The summed E-state index contributed by atoms with van der Waals surface area (Å²) in [6.07, 6.45) is 0. The molecule has 2 aromatic rings. The molecule has 0 saturated carbocycles. The molecule has 0 fully saturated rings. The second-order valence-corrected chi connectivity index (χ2v) is 4.89. The molecule has 18 heavy (non-hydrogen) atoms. The number of hydrogen-bond acceptors (Lipinski definition) is 3. The monoisotopic (exact) mass is 258 g/mol. The zero-order chi connectivity index (χ0) is 13.0. The zero-order valence-electron chi connectivity index (χ0n) is 10.7. The number of hydrogen-bond donors (Lipinski definition) is 2. The van der Waals surface area contributed by atoms with Crippen LogP contribution in [0.2, 0.25) is 0 Å². The molecule has 2 rings (SSSR count). The van der Waals surface area contributed by atoms with Crippen LogP contribution in [0.1, 0.15) is 13.8 Å². The lowest BCUT2D eigenvalue weighted by molar-refractivity contribution is 0.900. The van der Waals surface area contributed by atoms with Crippen molar-refractivity contribution in [2.24, 2.45) is 0 Å². The Morgan fingerprint density at radius 2 is 1.44 bits per heavy atom. The highest BCUT2D eigenvalue weighted by molar-refractivity contribution is 7.82. The van der Waals surface area contributed by atoms with Gasteiger partial charge in [0, 0.05) is 11.7 Å². The standard InChI is InChI=1S/C15H18N2S/c1-12(2)16-13-8-10-15(11-9-13)17(18)14-6-4-3-5-7-14/h3-12,16,18H,1-2H3. The van der Waals surface area contributed by atoms with Crippen molar-refractivity contribution in [2.45, 2.75) is 19.9 Å². The van der Waals surface area contributed by atoms with Crippen LogP contribution in [0.4, 0.5) is 17.1 Å². The first-order valence-electron chi connectivity index (χ1n) is 6.07. The van der Waals surface area contributed by atoms with Crippen molar-refractivity contribution < 1.29 is 0 Å². The van der Waals surface area contributed by atoms with Gasteiger partial charge in [-0.2, -0.15) is 0 Å². The van der Waals surface area contributed by atoms with Crippen LogP contribution >= 0.6 is 12.8 Å². The van der Waals surface area contributed by atoms with Crippen LogP contribution in [0.25, 0.3) is 0 Å². The number of benzene rings is 2. The molecule has 0 bridgehead atoms. The quantitative estimate of drug-likeness (QED) is 0.786. The van der Waals surface area contributed by atoms with E-state index in [1.807, 2.05) is 34.6 Å². The topological polar surface area (TPSA) is 15.3 Å². The molecule has 0 amide bonds. The highest BCUT2D eigenvalue weighted by Gasteiger charge is 2.04. The summed E-state index contributed by atoms with van der Waals surface area (Å²) in [5.74, 6) is 0. The van der Waals surface area contributed by atoms with Gasteiger partial charge in [0.2, 0.25) is 0 Å². The van der Waals surface area contributed by atoms with Crippen molar-refractivity contribution in [2.75, 3.05) is 9.62 Å². The Labute approximate surface area is 114 Å². The highest BCUT2D eigenvalue weighted by atomic mass is 32.1. The van der Waals surface area contributed by atoms with Crippen molar-refractivity contribution in [3.63, 3.8) is 0 Å². The fraction of sp³-hybridized carbons (Fsp3) is 0.200. The minimum atomic E-state index is 0.442. The summed E-state index contributed by atoms with van der Waals surface area (Å²) < 4.78 is 1.87. The molecule has 0 atom stereocenters. The average Bonchev–Trinajstić information content (AvgIpc) is 2.39. The van der Waals surface area contributed by atoms with Crippen LogP contribution in [0.3, 0.4) is 0 Å². The number of rotatable bonds is 4. The van der Waals surface area contributed by atoms with Gasteiger partial charge in [0.25, 0.3) is 0 Å². The Morgan fingerprint density at radius 1 is 0.889 bits per heavy atom. The fourth-order valence-electron chi connectivity index (χ4n) is 1.75. The molecule has 0 aliphatic carbocycles. The van der Waals surface area contributed by atoms with Gasteiger partial charge in [-0.25, -0.2) is 0 Å². The molecule has 0 heterocycles. The number of nitrogens with one attached hydrogen (secondary N) is 1. The molecule has 2 nitrogen and oxygen atoms in total. The lowest BCUT2D eigenvalue weighted by atomic mass is 10.2. The van der Waals surface area contributed by atoms with Crippen molar-refractivity contribution in [3.05, 3.63) is 54.6 Å². The van der Waals surface area contributed by atoms with E-state index in [4.69, 9.17) is 0 Å². The maximum atomic E-state index is 4.53. The van der Waals surface area contributed by atoms with Crippen LogP contribution in [0.5, 0.6) is 0 Å². The highest BCUT2D eigenvalue weighted by Crippen LogP contribution is 2.27. The molecule has 94 valence electrons. The normalized spacial score (nSPS) is 10.4. The van der Waals surface area contributed by atoms with Gasteiger partial charge >= 0.3 is 0 Å². The number of anilines is 3. The van der Waals surface area contributed by atoms with Gasteiger partial charge in [-0.1, -0.05) is 31.0 Å². The van der Waals surface area contributed by atoms with E-state index in [2.05, 4.69) is 56.2 Å². The predicted octanol–water partition coefficient (Wildman–Crippen LogP) is 4.49. The molecule has 0 spiro atoms. The first-order valence-corrected chi connectivity index (χ1v) is 6.47. The Hall–Kier alpha value is -1.61. The van der Waals surface area contributed by atoms with E-state index in [1.54, 1.807) is 0 Å². The fourth-order valence-corrected chi connectivity index (χ4v) is 2.02. The smallest absolute Gasteiger partial charge is 0.0524 e. The lowest BCUT2D eigenvalue weighted by Gasteiger charge is -2.18. The second-order valence-electron chi connectivity index (χ2n) is 4.49. The van der Waals surface area contributed by atoms with Gasteiger partial charge in [-0.05, 0) is 50.2 Å². The summed E-state index contributed by atoms with van der Waals surface area (Å²) in [7, 11) is 0. The van der Waals surface area contributed by atoms with E-state index in [1.165, 1.54) is 0 Å². The Morgan fingerprint density at radius 3 is 2.00 bits per heavy atom. The van der Waals surface area contributed by atoms with Crippen molar-refractivity contribution in [1.82, 2.24) is 0 Å². The third-order valence-corrected chi connectivity index (χ3v) is 3.03. The number of nitrogens with zero attached hydrogens (tertiary/aromatic N) is 1. The zero-order valence-corrected chi connectivity index (χ0v) is 11.6. The number of para-hydroxylation sites is 1. The first-order chi connectivity index (χ1) is 8.66. The lowest BCUT2D eigenvalue weighted by Crippen LogP contribution is -2.09. The van der Waals surface area contributed by atoms with Crippen molar-refractivity contribution in [1.29, 1.82) is 0 Å². The summed E-state index contributed by atoms with van der Waals surface area (Å²) >= 11 is 4.53. The Bertz CT molecular complexity index is 480. The van der Waals surface area contributed by atoms with Crippen LogP contribution in [-0.4, -0.2) is 6.04 Å². The molecular formula is C15H18N2S. The number of thiol groups is 1.